The first-order chi connectivity index (χ1) is 10.5. The number of allylic oxidation sites excluding steroid dienone is 1. The number of ether oxygens (including phenoxy) is 1. The molecule has 2 rings (SSSR count). The van der Waals surface area contributed by atoms with E-state index in [9.17, 15) is 14.7 Å². The summed E-state index contributed by atoms with van der Waals surface area (Å²) < 4.78 is 5.11. The van der Waals surface area contributed by atoms with Gasteiger partial charge in [-0.2, -0.15) is 0 Å². The minimum absolute atomic E-state index is 0.00748. The molecular formula is C15H17BrN2O4. The van der Waals surface area contributed by atoms with Gasteiger partial charge < -0.3 is 15.2 Å². The molecule has 0 aromatic heterocycles. The Kier molecular flexibility index (Phi) is 5.07. The van der Waals surface area contributed by atoms with Gasteiger partial charge in [-0.1, -0.05) is 34.1 Å². The molecule has 118 valence electrons. The van der Waals surface area contributed by atoms with Crippen LogP contribution in [0.5, 0.6) is 5.75 Å². The zero-order valence-corrected chi connectivity index (χ0v) is 13.9. The number of phenols is 1. The molecule has 1 aromatic carbocycles. The summed E-state index contributed by atoms with van der Waals surface area (Å²) in [5, 5.41) is 13.1. The fourth-order valence-electron chi connectivity index (χ4n) is 2.33. The van der Waals surface area contributed by atoms with Gasteiger partial charge in [-0.15, -0.1) is 0 Å². The lowest BCUT2D eigenvalue weighted by molar-refractivity contribution is -0.139. The maximum Gasteiger partial charge on any atom is 0.338 e. The average Bonchev–Trinajstić information content (AvgIpc) is 2.50. The lowest BCUT2D eigenvalue weighted by Gasteiger charge is -2.34. The molecule has 0 saturated heterocycles. The maximum absolute atomic E-state index is 12.4. The summed E-state index contributed by atoms with van der Waals surface area (Å²) in [6.45, 7) is 1.94. The van der Waals surface area contributed by atoms with Crippen molar-refractivity contribution in [2.24, 2.45) is 0 Å². The first kappa shape index (κ1) is 16.4. The summed E-state index contributed by atoms with van der Waals surface area (Å²) in [7, 11) is 1.58. The summed E-state index contributed by atoms with van der Waals surface area (Å²) >= 11 is 3.31. The van der Waals surface area contributed by atoms with E-state index in [4.69, 9.17) is 4.74 Å². The van der Waals surface area contributed by atoms with E-state index in [0.29, 0.717) is 22.2 Å². The summed E-state index contributed by atoms with van der Waals surface area (Å²) in [6.07, 6.45) is 0. The van der Waals surface area contributed by atoms with Crippen LogP contribution in [-0.4, -0.2) is 41.0 Å². The normalized spacial score (nSPS) is 18.2. The number of benzene rings is 1. The van der Waals surface area contributed by atoms with Gasteiger partial charge in [0, 0.05) is 23.6 Å². The predicted molar refractivity (Wildman–Crippen MR) is 84.6 cm³/mol. The van der Waals surface area contributed by atoms with Crippen LogP contribution in [0.2, 0.25) is 0 Å². The van der Waals surface area contributed by atoms with Gasteiger partial charge in [-0.3, -0.25) is 4.90 Å². The minimum Gasteiger partial charge on any atom is -0.508 e. The molecular weight excluding hydrogens is 352 g/mol. The maximum atomic E-state index is 12.4. The summed E-state index contributed by atoms with van der Waals surface area (Å²) in [4.78, 5) is 25.8. The number of phenolic OH excluding ortho intramolecular Hbond substituents is 1. The van der Waals surface area contributed by atoms with E-state index >= 15 is 0 Å². The SMILES string of the molecule is CCOC(=O)C1=C(CBr)N(C)C(=O)NC1c1ccccc1O. The number of carbonyl (C=O) groups is 2. The molecule has 0 saturated carbocycles. The second-order valence-corrected chi connectivity index (χ2v) is 5.28. The molecule has 0 spiro atoms. The van der Waals surface area contributed by atoms with E-state index < -0.39 is 12.0 Å². The first-order valence-electron chi connectivity index (χ1n) is 6.79. The third kappa shape index (κ3) is 2.94. The van der Waals surface area contributed by atoms with Crippen molar-refractivity contribution < 1.29 is 19.4 Å². The van der Waals surface area contributed by atoms with E-state index in [0.717, 1.165) is 0 Å². The summed E-state index contributed by atoms with van der Waals surface area (Å²) in [5.74, 6) is -0.509. The Balaban J connectivity index is 2.59. The Labute approximate surface area is 136 Å². The first-order valence-corrected chi connectivity index (χ1v) is 7.91. The summed E-state index contributed by atoms with van der Waals surface area (Å²) in [6, 6.07) is 5.48. The van der Waals surface area contributed by atoms with Gasteiger partial charge in [-0.05, 0) is 13.0 Å². The van der Waals surface area contributed by atoms with Crippen LogP contribution >= 0.6 is 15.9 Å². The smallest absolute Gasteiger partial charge is 0.338 e. The molecule has 1 atom stereocenters. The number of nitrogens with one attached hydrogen (secondary N) is 1. The molecule has 0 radical (unpaired) electrons. The molecule has 1 aliphatic heterocycles. The van der Waals surface area contributed by atoms with E-state index in [1.54, 1.807) is 32.2 Å². The van der Waals surface area contributed by atoms with Crippen molar-refractivity contribution in [3.63, 3.8) is 0 Å². The van der Waals surface area contributed by atoms with Crippen LogP contribution in [0, 0.1) is 0 Å². The molecule has 7 heteroatoms. The number of para-hydroxylation sites is 1. The topological polar surface area (TPSA) is 78.9 Å². The number of rotatable bonds is 4. The fourth-order valence-corrected chi connectivity index (χ4v) is 3.01. The third-order valence-electron chi connectivity index (χ3n) is 3.45. The van der Waals surface area contributed by atoms with E-state index in [2.05, 4.69) is 21.2 Å². The number of hydrogen-bond donors (Lipinski definition) is 2. The number of amides is 2. The number of carbonyl (C=O) groups excluding carboxylic acids is 2. The van der Waals surface area contributed by atoms with Crippen LogP contribution in [0.4, 0.5) is 4.79 Å². The molecule has 6 nitrogen and oxygen atoms in total. The highest BCUT2D eigenvalue weighted by Crippen LogP contribution is 2.35. The number of urea groups is 1. The minimum atomic E-state index is -0.753. The highest BCUT2D eigenvalue weighted by molar-refractivity contribution is 9.09. The van der Waals surface area contributed by atoms with Crippen molar-refractivity contribution in [3.8, 4) is 5.75 Å². The van der Waals surface area contributed by atoms with Crippen LogP contribution in [0.1, 0.15) is 18.5 Å². The van der Waals surface area contributed by atoms with Crippen LogP contribution in [0.15, 0.2) is 35.5 Å². The van der Waals surface area contributed by atoms with Gasteiger partial charge in [-0.25, -0.2) is 9.59 Å². The lowest BCUT2D eigenvalue weighted by Crippen LogP contribution is -2.47. The third-order valence-corrected chi connectivity index (χ3v) is 3.98. The second-order valence-electron chi connectivity index (χ2n) is 4.71. The van der Waals surface area contributed by atoms with E-state index in [1.165, 1.54) is 11.0 Å². The van der Waals surface area contributed by atoms with Crippen LogP contribution in [0.3, 0.4) is 0 Å². The second kappa shape index (κ2) is 6.83. The van der Waals surface area contributed by atoms with E-state index in [-0.39, 0.29) is 18.4 Å². The number of esters is 1. The number of alkyl halides is 1. The number of halogens is 1. The predicted octanol–water partition coefficient (Wildman–Crippen LogP) is 2.30. The quantitative estimate of drug-likeness (QED) is 0.631. The fraction of sp³-hybridized carbons (Fsp3) is 0.333. The largest absolute Gasteiger partial charge is 0.508 e. The zero-order chi connectivity index (χ0) is 16.3. The highest BCUT2D eigenvalue weighted by Gasteiger charge is 2.37. The van der Waals surface area contributed by atoms with Gasteiger partial charge in [0.25, 0.3) is 0 Å². The van der Waals surface area contributed by atoms with Gasteiger partial charge in [0.15, 0.2) is 0 Å². The monoisotopic (exact) mass is 368 g/mol. The molecule has 0 bridgehead atoms. The molecule has 2 N–H and O–H groups in total. The standard InChI is InChI=1S/C15H17BrN2O4/c1-3-22-14(20)12-10(8-16)18(2)15(21)17-13(12)9-6-4-5-7-11(9)19/h4-7,13,19H,3,8H2,1-2H3,(H,17,21). The molecule has 1 heterocycles. The molecule has 1 unspecified atom stereocenters. The van der Waals surface area contributed by atoms with Crippen LogP contribution in [0.25, 0.3) is 0 Å². The molecule has 1 aliphatic rings. The van der Waals surface area contributed by atoms with Crippen molar-refractivity contribution >= 4 is 27.9 Å². The molecule has 0 fully saturated rings. The lowest BCUT2D eigenvalue weighted by atomic mass is 9.94. The molecule has 1 aromatic rings. The van der Waals surface area contributed by atoms with Gasteiger partial charge in [0.2, 0.25) is 0 Å². The van der Waals surface area contributed by atoms with Gasteiger partial charge in [0.05, 0.1) is 18.2 Å². The Bertz CT molecular complexity index is 630. The van der Waals surface area contributed by atoms with Crippen molar-refractivity contribution in [3.05, 3.63) is 41.1 Å². The zero-order valence-electron chi connectivity index (χ0n) is 12.3. The molecule has 0 aliphatic carbocycles. The van der Waals surface area contributed by atoms with Crippen molar-refractivity contribution in [1.29, 1.82) is 0 Å². The van der Waals surface area contributed by atoms with Gasteiger partial charge in [0.1, 0.15) is 5.75 Å². The Morgan fingerprint density at radius 2 is 2.14 bits per heavy atom. The highest BCUT2D eigenvalue weighted by atomic mass is 79.9. The van der Waals surface area contributed by atoms with Crippen LogP contribution in [-0.2, 0) is 9.53 Å². The average molecular weight is 369 g/mol. The van der Waals surface area contributed by atoms with Crippen molar-refractivity contribution in [2.75, 3.05) is 19.0 Å². The van der Waals surface area contributed by atoms with Crippen molar-refractivity contribution in [2.45, 2.75) is 13.0 Å². The van der Waals surface area contributed by atoms with Crippen LogP contribution < -0.4 is 5.32 Å². The Morgan fingerprint density at radius 1 is 1.45 bits per heavy atom. The molecule has 22 heavy (non-hydrogen) atoms. The Hall–Kier alpha value is -2.02. The summed E-state index contributed by atoms with van der Waals surface area (Å²) in [5.41, 5.74) is 1.27. The van der Waals surface area contributed by atoms with Gasteiger partial charge >= 0.3 is 12.0 Å². The number of nitrogens with zero attached hydrogens (tertiary/aromatic N) is 1. The Morgan fingerprint density at radius 3 is 2.73 bits per heavy atom. The van der Waals surface area contributed by atoms with Crippen molar-refractivity contribution in [1.82, 2.24) is 10.2 Å². The number of aromatic hydroxyl groups is 1. The van der Waals surface area contributed by atoms with E-state index in [1.807, 2.05) is 0 Å². The molecule has 2 amide bonds. The number of hydrogen-bond acceptors (Lipinski definition) is 4.